The minimum absolute atomic E-state index is 0.0264. The molecule has 2 heterocycles. The minimum Gasteiger partial charge on any atom is -0.258 e. The topological polar surface area (TPSA) is 86.2 Å². The molecule has 0 saturated carbocycles. The molecule has 44 heavy (non-hydrogen) atoms. The van der Waals surface area contributed by atoms with Crippen molar-refractivity contribution in [2.24, 2.45) is 4.99 Å². The van der Waals surface area contributed by atoms with Crippen molar-refractivity contribution in [1.29, 1.82) is 0 Å². The lowest BCUT2D eigenvalue weighted by Crippen LogP contribution is -2.02. The number of non-ortho nitro benzene ring substituents is 1. The molecule has 7 nitrogen and oxygen atoms in total. The lowest BCUT2D eigenvalue weighted by Gasteiger charge is -2.07. The van der Waals surface area contributed by atoms with Crippen LogP contribution in [-0.4, -0.2) is 25.4 Å². The molecule has 2 aromatic heterocycles. The van der Waals surface area contributed by atoms with Crippen LogP contribution in [0.1, 0.15) is 11.3 Å². The summed E-state index contributed by atoms with van der Waals surface area (Å²) in [5, 5.41) is 20.8. The molecule has 0 saturated heterocycles. The van der Waals surface area contributed by atoms with Gasteiger partial charge < -0.3 is 0 Å². The van der Waals surface area contributed by atoms with Crippen LogP contribution in [0.15, 0.2) is 151 Å². The summed E-state index contributed by atoms with van der Waals surface area (Å²) in [6, 6.07) is 42.9. The van der Waals surface area contributed by atoms with E-state index < -0.39 is 4.92 Å². The van der Waals surface area contributed by atoms with Crippen LogP contribution in [0.2, 0.25) is 0 Å². The van der Waals surface area contributed by atoms with Crippen molar-refractivity contribution in [2.45, 2.75) is 0 Å². The Hall–Kier alpha value is -6.21. The van der Waals surface area contributed by atoms with Crippen LogP contribution in [-0.2, 0) is 0 Å². The van der Waals surface area contributed by atoms with Crippen molar-refractivity contribution >= 4 is 44.8 Å². The third-order valence-electron chi connectivity index (χ3n) is 7.43. The highest BCUT2D eigenvalue weighted by Gasteiger charge is 2.14. The zero-order chi connectivity index (χ0) is 29.9. The molecule has 5 aromatic carbocycles. The van der Waals surface area contributed by atoms with E-state index in [2.05, 4.69) is 65.7 Å². The van der Waals surface area contributed by atoms with Crippen molar-refractivity contribution < 1.29 is 4.92 Å². The molecule has 0 N–H and O–H groups in total. The Morgan fingerprint density at radius 1 is 0.750 bits per heavy atom. The number of allylic oxidation sites excluding steroid dienone is 1. The summed E-state index contributed by atoms with van der Waals surface area (Å²) in [4.78, 5) is 20.5. The zero-order valence-corrected chi connectivity index (χ0v) is 23.5. The van der Waals surface area contributed by atoms with E-state index >= 15 is 0 Å². The van der Waals surface area contributed by atoms with E-state index in [4.69, 9.17) is 10.1 Å². The largest absolute Gasteiger partial charge is 0.269 e. The third-order valence-corrected chi connectivity index (χ3v) is 7.43. The van der Waals surface area contributed by atoms with Gasteiger partial charge in [-0.3, -0.25) is 15.1 Å². The summed E-state index contributed by atoms with van der Waals surface area (Å²) in [6.07, 6.45) is 5.81. The summed E-state index contributed by atoms with van der Waals surface area (Å²) in [7, 11) is 0. The normalized spacial score (nSPS) is 11.9. The molecule has 0 aliphatic heterocycles. The number of nitro benzene ring substituents is 1. The van der Waals surface area contributed by atoms with Gasteiger partial charge in [-0.15, -0.1) is 0 Å². The number of fused-ring (bicyclic) bond motifs is 2. The van der Waals surface area contributed by atoms with Crippen molar-refractivity contribution in [1.82, 2.24) is 14.8 Å². The number of rotatable bonds is 7. The van der Waals surface area contributed by atoms with Crippen molar-refractivity contribution in [2.75, 3.05) is 0 Å². The van der Waals surface area contributed by atoms with Crippen LogP contribution in [0.25, 0.3) is 44.6 Å². The van der Waals surface area contributed by atoms with E-state index in [1.807, 2.05) is 60.7 Å². The minimum atomic E-state index is -0.411. The molecule has 0 aliphatic carbocycles. The molecule has 7 heteroatoms. The molecule has 0 fully saturated rings. The van der Waals surface area contributed by atoms with Gasteiger partial charge in [0.15, 0.2) is 5.82 Å². The number of benzene rings is 5. The lowest BCUT2D eigenvalue weighted by molar-refractivity contribution is -0.384. The molecule has 7 aromatic rings. The van der Waals surface area contributed by atoms with Gasteiger partial charge in [0.05, 0.1) is 27.7 Å². The lowest BCUT2D eigenvalue weighted by atomic mass is 9.99. The first kappa shape index (κ1) is 26.7. The number of nitrogens with zero attached hydrogens (tertiary/aromatic N) is 5. The van der Waals surface area contributed by atoms with Gasteiger partial charge in [0.1, 0.15) is 0 Å². The van der Waals surface area contributed by atoms with Gasteiger partial charge in [-0.2, -0.15) is 5.10 Å². The number of aromatic nitrogens is 3. The smallest absolute Gasteiger partial charge is 0.258 e. The van der Waals surface area contributed by atoms with Crippen LogP contribution in [0.4, 0.5) is 11.5 Å². The number of para-hydroxylation sites is 1. The molecule has 0 spiro atoms. The van der Waals surface area contributed by atoms with Gasteiger partial charge in [-0.05, 0) is 81.7 Å². The molecule has 0 radical (unpaired) electrons. The van der Waals surface area contributed by atoms with Crippen molar-refractivity contribution in [3.8, 4) is 16.9 Å². The number of pyridine rings is 1. The van der Waals surface area contributed by atoms with Crippen molar-refractivity contribution in [3.63, 3.8) is 0 Å². The van der Waals surface area contributed by atoms with Crippen LogP contribution >= 0.6 is 0 Å². The quantitative estimate of drug-likeness (QED) is 0.0827. The van der Waals surface area contributed by atoms with Gasteiger partial charge in [0.25, 0.3) is 5.69 Å². The van der Waals surface area contributed by atoms with Crippen LogP contribution in [0.3, 0.4) is 0 Å². The molecule has 0 aliphatic rings. The molecular formula is C37H25N5O2. The summed E-state index contributed by atoms with van der Waals surface area (Å²) in [5.74, 6) is 0.596. The second kappa shape index (κ2) is 11.6. The first-order chi connectivity index (χ1) is 21.6. The molecule has 0 amide bonds. The van der Waals surface area contributed by atoms with E-state index in [9.17, 15) is 10.1 Å². The maximum absolute atomic E-state index is 11.2. The fourth-order valence-electron chi connectivity index (χ4n) is 5.23. The Morgan fingerprint density at radius 2 is 1.48 bits per heavy atom. The first-order valence-electron chi connectivity index (χ1n) is 14.1. The van der Waals surface area contributed by atoms with Gasteiger partial charge in [-0.25, -0.2) is 9.67 Å². The SMILES string of the molecule is O=[N+]([O-])c1ccc(-c2cc(N=C(C=Cc3cccc4cc5ccccc5cc34)c3ccccn3)n(-c3ccccc3)n2)cc1. The predicted octanol–water partition coefficient (Wildman–Crippen LogP) is 8.98. The van der Waals surface area contributed by atoms with Crippen LogP contribution < -0.4 is 0 Å². The molecule has 210 valence electrons. The Kier molecular flexibility index (Phi) is 7.02. The predicted molar refractivity (Wildman–Crippen MR) is 177 cm³/mol. The Bertz CT molecular complexity index is 2190. The average molecular weight is 572 g/mol. The van der Waals surface area contributed by atoms with E-state index in [0.29, 0.717) is 22.9 Å². The fraction of sp³-hybridized carbons (Fsp3) is 0. The summed E-state index contributed by atoms with van der Waals surface area (Å²) in [5.41, 5.74) is 4.71. The van der Waals surface area contributed by atoms with Crippen LogP contribution in [0, 0.1) is 10.1 Å². The number of hydrogen-bond acceptors (Lipinski definition) is 5. The van der Waals surface area contributed by atoms with Crippen molar-refractivity contribution in [3.05, 3.63) is 167 Å². The second-order valence-corrected chi connectivity index (χ2v) is 10.3. The zero-order valence-electron chi connectivity index (χ0n) is 23.5. The number of aliphatic imine (C=N–C) groups is 1. The highest BCUT2D eigenvalue weighted by Crippen LogP contribution is 2.30. The van der Waals surface area contributed by atoms with E-state index in [-0.39, 0.29) is 5.69 Å². The molecule has 0 unspecified atom stereocenters. The Balaban J connectivity index is 1.36. The molecular weight excluding hydrogens is 546 g/mol. The van der Waals surface area contributed by atoms with Gasteiger partial charge >= 0.3 is 0 Å². The van der Waals surface area contributed by atoms with E-state index in [1.54, 1.807) is 23.0 Å². The monoisotopic (exact) mass is 571 g/mol. The second-order valence-electron chi connectivity index (χ2n) is 10.3. The number of hydrogen-bond donors (Lipinski definition) is 0. The van der Waals surface area contributed by atoms with Gasteiger partial charge in [0, 0.05) is 30.0 Å². The number of nitro groups is 1. The average Bonchev–Trinajstić information content (AvgIpc) is 3.50. The molecule has 0 atom stereocenters. The highest BCUT2D eigenvalue weighted by atomic mass is 16.6. The van der Waals surface area contributed by atoms with E-state index in [1.165, 1.54) is 22.9 Å². The molecule has 7 rings (SSSR count). The maximum Gasteiger partial charge on any atom is 0.269 e. The highest BCUT2D eigenvalue weighted by molar-refractivity contribution is 6.12. The maximum atomic E-state index is 11.2. The third kappa shape index (κ3) is 5.37. The van der Waals surface area contributed by atoms with Gasteiger partial charge in [-0.1, -0.05) is 72.8 Å². The van der Waals surface area contributed by atoms with Gasteiger partial charge in [0.2, 0.25) is 0 Å². The summed E-state index contributed by atoms with van der Waals surface area (Å²) in [6.45, 7) is 0. The summed E-state index contributed by atoms with van der Waals surface area (Å²) < 4.78 is 1.78. The summed E-state index contributed by atoms with van der Waals surface area (Å²) >= 11 is 0. The standard InChI is InChI=1S/C37H25N5O2/c43-42(44)32-19-16-27(17-20-32)36-25-37(41(40-36)31-13-2-1-3-14-31)39-35(34-15-6-7-22-38-34)21-18-26-11-8-12-30-23-28-9-4-5-10-29(28)24-33(26)30/h1-25H. The molecule has 0 bridgehead atoms. The fourth-order valence-corrected chi connectivity index (χ4v) is 5.23. The Labute approximate surface area is 253 Å². The van der Waals surface area contributed by atoms with Crippen LogP contribution in [0.5, 0.6) is 0 Å². The van der Waals surface area contributed by atoms with E-state index in [0.717, 1.165) is 27.6 Å². The Morgan fingerprint density at radius 3 is 2.23 bits per heavy atom. The first-order valence-corrected chi connectivity index (χ1v) is 14.1.